The fraction of sp³-hybridized carbons (Fsp3) is 0.318. The number of rotatable bonds is 6. The van der Waals surface area contributed by atoms with E-state index in [4.69, 9.17) is 4.74 Å². The van der Waals surface area contributed by atoms with Crippen molar-refractivity contribution in [2.75, 3.05) is 45.7 Å². The zero-order valence-corrected chi connectivity index (χ0v) is 16.0. The Morgan fingerprint density at radius 1 is 1.04 bits per heavy atom. The molecule has 1 N–H and O–H groups in total. The molecule has 1 amide bonds. The molecule has 1 fully saturated rings. The number of hydrogen-bond acceptors (Lipinski definition) is 4. The maximum atomic E-state index is 12.1. The summed E-state index contributed by atoms with van der Waals surface area (Å²) in [6.07, 6.45) is 3.33. The second-order valence-corrected chi connectivity index (χ2v) is 6.87. The lowest BCUT2D eigenvalue weighted by molar-refractivity contribution is -0.111. The highest BCUT2D eigenvalue weighted by atomic mass is 16.5. The molecular weight excluding hydrogens is 338 g/mol. The lowest BCUT2D eigenvalue weighted by Gasteiger charge is -2.32. The van der Waals surface area contributed by atoms with Crippen molar-refractivity contribution in [1.29, 1.82) is 0 Å². The Labute approximate surface area is 161 Å². The van der Waals surface area contributed by atoms with Gasteiger partial charge in [-0.25, -0.2) is 0 Å². The van der Waals surface area contributed by atoms with Gasteiger partial charge < -0.3 is 15.0 Å². The van der Waals surface area contributed by atoms with Crippen molar-refractivity contribution in [2.45, 2.75) is 6.54 Å². The van der Waals surface area contributed by atoms with E-state index in [9.17, 15) is 4.79 Å². The molecule has 0 bridgehead atoms. The Kier molecular flexibility index (Phi) is 6.63. The van der Waals surface area contributed by atoms with E-state index in [0.29, 0.717) is 0 Å². The molecular formula is C22H27N3O2. The smallest absolute Gasteiger partial charge is 0.248 e. The van der Waals surface area contributed by atoms with Crippen molar-refractivity contribution >= 4 is 17.7 Å². The van der Waals surface area contributed by atoms with Gasteiger partial charge in [0.25, 0.3) is 0 Å². The van der Waals surface area contributed by atoms with Crippen molar-refractivity contribution in [3.05, 3.63) is 65.7 Å². The van der Waals surface area contributed by atoms with Crippen LogP contribution in [0, 0.1) is 0 Å². The van der Waals surface area contributed by atoms with Crippen LogP contribution in [0.4, 0.5) is 5.69 Å². The van der Waals surface area contributed by atoms with Gasteiger partial charge in [0, 0.05) is 44.5 Å². The van der Waals surface area contributed by atoms with Crippen molar-refractivity contribution in [1.82, 2.24) is 9.80 Å². The van der Waals surface area contributed by atoms with Crippen molar-refractivity contribution in [2.24, 2.45) is 0 Å². The van der Waals surface area contributed by atoms with Gasteiger partial charge in [0.1, 0.15) is 5.75 Å². The Morgan fingerprint density at radius 2 is 1.70 bits per heavy atom. The third-order valence-corrected chi connectivity index (χ3v) is 4.77. The summed E-state index contributed by atoms with van der Waals surface area (Å²) in [6, 6.07) is 15.7. The summed E-state index contributed by atoms with van der Waals surface area (Å²) in [7, 11) is 3.80. The second-order valence-electron chi connectivity index (χ2n) is 6.87. The molecule has 0 spiro atoms. The van der Waals surface area contributed by atoms with Crippen LogP contribution in [-0.2, 0) is 11.3 Å². The minimum Gasteiger partial charge on any atom is -0.497 e. The molecule has 0 aliphatic carbocycles. The van der Waals surface area contributed by atoms with E-state index in [-0.39, 0.29) is 5.91 Å². The zero-order chi connectivity index (χ0) is 19.1. The largest absolute Gasteiger partial charge is 0.497 e. The third-order valence-electron chi connectivity index (χ3n) is 4.77. The molecule has 1 saturated heterocycles. The minimum atomic E-state index is -0.141. The van der Waals surface area contributed by atoms with Gasteiger partial charge in [-0.2, -0.15) is 0 Å². The van der Waals surface area contributed by atoms with Crippen LogP contribution in [-0.4, -0.2) is 56.0 Å². The molecule has 1 aliphatic rings. The molecule has 142 valence electrons. The highest BCUT2D eigenvalue weighted by Gasteiger charge is 2.13. The molecule has 1 heterocycles. The van der Waals surface area contributed by atoms with Crippen LogP contribution in [0.5, 0.6) is 5.75 Å². The summed E-state index contributed by atoms with van der Waals surface area (Å²) in [5.41, 5.74) is 3.03. The van der Waals surface area contributed by atoms with Crippen LogP contribution in [0.15, 0.2) is 54.6 Å². The predicted molar refractivity (Wildman–Crippen MR) is 110 cm³/mol. The van der Waals surface area contributed by atoms with Gasteiger partial charge >= 0.3 is 0 Å². The minimum absolute atomic E-state index is 0.141. The predicted octanol–water partition coefficient (Wildman–Crippen LogP) is 3.09. The first-order valence-electron chi connectivity index (χ1n) is 9.25. The molecule has 2 aromatic carbocycles. The zero-order valence-electron chi connectivity index (χ0n) is 16.0. The summed E-state index contributed by atoms with van der Waals surface area (Å²) in [4.78, 5) is 16.9. The lowest BCUT2D eigenvalue weighted by Crippen LogP contribution is -2.43. The molecule has 0 unspecified atom stereocenters. The van der Waals surface area contributed by atoms with Crippen LogP contribution in [0.25, 0.3) is 6.08 Å². The Morgan fingerprint density at radius 3 is 2.33 bits per heavy atom. The van der Waals surface area contributed by atoms with Crippen molar-refractivity contribution in [3.63, 3.8) is 0 Å². The highest BCUT2D eigenvalue weighted by molar-refractivity contribution is 6.01. The number of hydrogen-bond donors (Lipinski definition) is 1. The number of piperazine rings is 1. The second kappa shape index (κ2) is 9.35. The number of nitrogens with one attached hydrogen (secondary N) is 1. The van der Waals surface area contributed by atoms with Crippen LogP contribution in [0.2, 0.25) is 0 Å². The monoisotopic (exact) mass is 365 g/mol. The Hall–Kier alpha value is -2.63. The SMILES string of the molecule is COc1ccc(/C=C/C(=O)Nc2ccc(CN3CCN(C)CC3)cc2)cc1. The number of carbonyl (C=O) groups excluding carboxylic acids is 1. The van der Waals surface area contributed by atoms with Gasteiger partial charge in [0.05, 0.1) is 7.11 Å². The van der Waals surface area contributed by atoms with Gasteiger partial charge in [0.2, 0.25) is 5.91 Å². The molecule has 3 rings (SSSR count). The highest BCUT2D eigenvalue weighted by Crippen LogP contribution is 2.14. The summed E-state index contributed by atoms with van der Waals surface area (Å²) in [6.45, 7) is 5.40. The fourth-order valence-corrected chi connectivity index (χ4v) is 3.03. The van der Waals surface area contributed by atoms with Gasteiger partial charge in [-0.3, -0.25) is 9.69 Å². The van der Waals surface area contributed by atoms with Gasteiger partial charge in [0.15, 0.2) is 0 Å². The first kappa shape index (κ1) is 19.1. The average Bonchev–Trinajstić information content (AvgIpc) is 2.70. The normalized spacial score (nSPS) is 15.8. The maximum absolute atomic E-state index is 12.1. The van der Waals surface area contributed by atoms with Crippen LogP contribution in [0.3, 0.4) is 0 Å². The number of amides is 1. The summed E-state index contributed by atoms with van der Waals surface area (Å²) < 4.78 is 5.13. The standard InChI is InChI=1S/C22H27N3O2/c1-24-13-15-25(16-14-24)17-19-3-8-20(9-4-19)23-22(26)12-7-18-5-10-21(27-2)11-6-18/h3-12H,13-17H2,1-2H3,(H,23,26)/b12-7+. The summed E-state index contributed by atoms with van der Waals surface area (Å²) in [5, 5.41) is 2.90. The van der Waals surface area contributed by atoms with Crippen LogP contribution >= 0.6 is 0 Å². The molecule has 0 aromatic heterocycles. The topological polar surface area (TPSA) is 44.8 Å². The molecule has 0 radical (unpaired) electrons. The Bertz CT molecular complexity index is 761. The average molecular weight is 365 g/mol. The fourth-order valence-electron chi connectivity index (χ4n) is 3.03. The number of ether oxygens (including phenoxy) is 1. The van der Waals surface area contributed by atoms with Crippen LogP contribution in [0.1, 0.15) is 11.1 Å². The third kappa shape index (κ3) is 5.94. The number of benzene rings is 2. The van der Waals surface area contributed by atoms with E-state index < -0.39 is 0 Å². The van der Waals surface area contributed by atoms with E-state index in [1.807, 2.05) is 36.4 Å². The van der Waals surface area contributed by atoms with Gasteiger partial charge in [-0.15, -0.1) is 0 Å². The number of methoxy groups -OCH3 is 1. The molecule has 1 aliphatic heterocycles. The molecule has 0 saturated carbocycles. The summed E-state index contributed by atoms with van der Waals surface area (Å²) in [5.74, 6) is 0.658. The van der Waals surface area contributed by atoms with E-state index >= 15 is 0 Å². The summed E-state index contributed by atoms with van der Waals surface area (Å²) >= 11 is 0. The first-order valence-corrected chi connectivity index (χ1v) is 9.25. The molecule has 2 aromatic rings. The number of carbonyl (C=O) groups is 1. The van der Waals surface area contributed by atoms with E-state index in [1.165, 1.54) is 5.56 Å². The van der Waals surface area contributed by atoms with E-state index in [2.05, 4.69) is 34.3 Å². The molecule has 5 nitrogen and oxygen atoms in total. The number of likely N-dealkylation sites (N-methyl/N-ethyl adjacent to an activating group) is 1. The van der Waals surface area contributed by atoms with E-state index in [0.717, 1.165) is 49.7 Å². The molecule has 27 heavy (non-hydrogen) atoms. The number of anilines is 1. The Balaban J connectivity index is 1.49. The van der Waals surface area contributed by atoms with Gasteiger partial charge in [-0.05, 0) is 48.5 Å². The molecule has 0 atom stereocenters. The van der Waals surface area contributed by atoms with Gasteiger partial charge in [-0.1, -0.05) is 24.3 Å². The van der Waals surface area contributed by atoms with Crippen LogP contribution < -0.4 is 10.1 Å². The van der Waals surface area contributed by atoms with E-state index in [1.54, 1.807) is 19.3 Å². The van der Waals surface area contributed by atoms with Crippen molar-refractivity contribution < 1.29 is 9.53 Å². The first-order chi connectivity index (χ1) is 13.1. The number of nitrogens with zero attached hydrogens (tertiary/aromatic N) is 2. The molecule has 5 heteroatoms. The lowest BCUT2D eigenvalue weighted by atomic mass is 10.1. The quantitative estimate of drug-likeness (QED) is 0.799. The maximum Gasteiger partial charge on any atom is 0.248 e. The van der Waals surface area contributed by atoms with Crippen molar-refractivity contribution in [3.8, 4) is 5.75 Å².